The van der Waals surface area contributed by atoms with Crippen LogP contribution in [0.15, 0.2) is 11.1 Å². The molecule has 3 saturated carbocycles. The average molecular weight is 957 g/mol. The summed E-state index contributed by atoms with van der Waals surface area (Å²) >= 11 is 0. The number of aliphatic hydroxyl groups is 10. The molecule has 0 amide bonds. The third kappa shape index (κ3) is 8.10. The average Bonchev–Trinajstić information content (AvgIpc) is 3.29. The Kier molecular flexibility index (Phi) is 14.2. The summed E-state index contributed by atoms with van der Waals surface area (Å²) in [6.07, 6.45) is -22.1. The third-order valence-corrected chi connectivity index (χ3v) is 18.8. The number of carboxylic acid groups (broad SMARTS) is 1. The quantitative estimate of drug-likeness (QED) is 0.0858. The molecule has 6 fully saturated rings. The summed E-state index contributed by atoms with van der Waals surface area (Å²) in [5, 5.41) is 116. The first-order valence-electron chi connectivity index (χ1n) is 23.9. The van der Waals surface area contributed by atoms with Crippen LogP contribution < -0.4 is 0 Å². The number of ether oxygens (including phenoxy) is 6. The second kappa shape index (κ2) is 18.5. The first kappa shape index (κ1) is 51.3. The summed E-state index contributed by atoms with van der Waals surface area (Å²) in [6.45, 7) is 9.03. The number of hydrogen-bond acceptors (Lipinski definition) is 19. The smallest absolute Gasteiger partial charge is 0.335 e. The largest absolute Gasteiger partial charge is 0.479 e. The molecule has 380 valence electrons. The fraction of sp³-hybridized carbons (Fsp3) is 0.894. The standard InChI is InChI=1S/C47H72O20/c1-43(18-50)11-8-20-21(14-43)22-6-7-27-44(2)12-10-28(45(3,19-51)26(44)9-13-46(27,4)47(22,5)15-23(20)52)64-42-37(66-41-34(58)32(56)30(54)25(17-49)63-41)35(59)36(38(67-42)39(60)61)65-40-33(57)31(55)29(53)24(16-48)62-40/h19,22,24-38,40-42,48-50,53-59H,6-18H2,1-5H3,(H,60,61)/t22-,24+,25+,26+,27+,28-,29-,30-,31-,32-,33+,34+,35-,36-,37+,38-,40-,41-,42+,43+,44-,45-,46+,47+/m0/s1. The minimum absolute atomic E-state index is 0.0491. The van der Waals surface area contributed by atoms with Crippen molar-refractivity contribution in [2.75, 3.05) is 19.8 Å². The normalized spacial score (nSPS) is 53.5. The molecule has 20 nitrogen and oxygen atoms in total. The van der Waals surface area contributed by atoms with Gasteiger partial charge in [0.25, 0.3) is 0 Å². The van der Waals surface area contributed by atoms with E-state index in [2.05, 4.69) is 27.7 Å². The second-order valence-corrected chi connectivity index (χ2v) is 22.4. The van der Waals surface area contributed by atoms with Gasteiger partial charge in [0.1, 0.15) is 73.4 Å². The number of rotatable bonds is 11. The van der Waals surface area contributed by atoms with Crippen LogP contribution in [-0.2, 0) is 42.8 Å². The zero-order chi connectivity index (χ0) is 48.9. The molecule has 5 aliphatic carbocycles. The molecule has 3 aliphatic heterocycles. The van der Waals surface area contributed by atoms with Crippen LogP contribution in [0, 0.1) is 44.8 Å². The van der Waals surface area contributed by atoms with Gasteiger partial charge < -0.3 is 89.4 Å². The molecule has 20 heteroatoms. The Hall–Kier alpha value is -2.09. The van der Waals surface area contributed by atoms with Crippen molar-refractivity contribution in [3.63, 3.8) is 0 Å². The Labute approximate surface area is 389 Å². The Bertz CT molecular complexity index is 1900. The second-order valence-electron chi connectivity index (χ2n) is 22.4. The molecule has 0 aromatic heterocycles. The zero-order valence-corrected chi connectivity index (χ0v) is 38.8. The Balaban J connectivity index is 1.09. The molecular formula is C47H72O20. The zero-order valence-electron chi connectivity index (χ0n) is 38.8. The highest BCUT2D eigenvalue weighted by Crippen LogP contribution is 2.75. The number of carbonyl (C=O) groups is 3. The molecule has 24 atom stereocenters. The molecule has 0 unspecified atom stereocenters. The molecule has 3 saturated heterocycles. The molecule has 0 radical (unpaired) electrons. The van der Waals surface area contributed by atoms with Gasteiger partial charge in [0, 0.05) is 13.0 Å². The van der Waals surface area contributed by atoms with Crippen molar-refractivity contribution >= 4 is 18.0 Å². The van der Waals surface area contributed by atoms with Crippen LogP contribution in [0.1, 0.15) is 98.8 Å². The van der Waals surface area contributed by atoms with Crippen LogP contribution in [0.5, 0.6) is 0 Å². The van der Waals surface area contributed by atoms with E-state index in [1.807, 2.05) is 0 Å². The highest BCUT2D eigenvalue weighted by atomic mass is 16.8. The number of hydrogen-bond donors (Lipinski definition) is 11. The van der Waals surface area contributed by atoms with Gasteiger partial charge in [-0.1, -0.05) is 40.2 Å². The molecular weight excluding hydrogens is 884 g/mol. The van der Waals surface area contributed by atoms with Crippen LogP contribution in [0.25, 0.3) is 0 Å². The van der Waals surface area contributed by atoms with E-state index in [-0.39, 0.29) is 52.8 Å². The maximum Gasteiger partial charge on any atom is 0.335 e. The van der Waals surface area contributed by atoms with E-state index < -0.39 is 128 Å². The van der Waals surface area contributed by atoms with E-state index in [0.717, 1.165) is 31.1 Å². The maximum absolute atomic E-state index is 14.1. The summed E-state index contributed by atoms with van der Waals surface area (Å²) in [5.41, 5.74) is -0.497. The minimum atomic E-state index is -2.14. The van der Waals surface area contributed by atoms with Gasteiger partial charge in [-0.25, -0.2) is 4.79 Å². The Morgan fingerprint density at radius 3 is 1.81 bits per heavy atom. The summed E-state index contributed by atoms with van der Waals surface area (Å²) in [6, 6.07) is 0. The number of aldehydes is 1. The van der Waals surface area contributed by atoms with Crippen molar-refractivity contribution in [2.45, 2.75) is 197 Å². The number of aliphatic carboxylic acids is 1. The van der Waals surface area contributed by atoms with Crippen LogP contribution >= 0.6 is 0 Å². The van der Waals surface area contributed by atoms with E-state index in [1.54, 1.807) is 6.92 Å². The Morgan fingerprint density at radius 1 is 0.657 bits per heavy atom. The molecule has 8 rings (SSSR count). The highest BCUT2D eigenvalue weighted by molar-refractivity contribution is 5.98. The number of fused-ring (bicyclic) bond motifs is 6. The molecule has 67 heavy (non-hydrogen) atoms. The van der Waals surface area contributed by atoms with Gasteiger partial charge in [-0.3, -0.25) is 4.79 Å². The van der Waals surface area contributed by atoms with E-state index >= 15 is 0 Å². The molecule has 0 aromatic carbocycles. The SMILES string of the molecule is C[C@@]1(CO)CCC2=C(C1)[C@@H]1CC[C@@H]3[C@@]4(C)CC[C@H](O[C@@H]5O[C@H](C(=O)O)[C@@H](O[C@@H]6O[C@H](CO)[C@H](O)[C@H](O)[C@H]6O)[C@H](O)[C@H]5O[C@@H]5O[C@H](CO)[C@H](O)[C@H](O)[C@H]5O)[C@@](C)(C=O)[C@@H]4CC[C@@]3(C)[C@]1(C)CC2=O. The lowest BCUT2D eigenvalue weighted by Gasteiger charge is -2.71. The minimum Gasteiger partial charge on any atom is -0.479 e. The van der Waals surface area contributed by atoms with Gasteiger partial charge in [-0.05, 0) is 103 Å². The van der Waals surface area contributed by atoms with Crippen LogP contribution in [0.2, 0.25) is 0 Å². The number of carboxylic acids is 1. The van der Waals surface area contributed by atoms with Crippen LogP contribution in [0.3, 0.4) is 0 Å². The fourth-order valence-corrected chi connectivity index (χ4v) is 14.6. The van der Waals surface area contributed by atoms with Crippen molar-refractivity contribution < 1.29 is 99.0 Å². The number of allylic oxidation sites excluding steroid dienone is 2. The molecule has 11 N–H and O–H groups in total. The van der Waals surface area contributed by atoms with E-state index in [4.69, 9.17) is 28.4 Å². The molecule has 0 spiro atoms. The lowest BCUT2D eigenvalue weighted by atomic mass is 9.33. The molecule has 0 aromatic rings. The lowest BCUT2D eigenvalue weighted by Crippen LogP contribution is -2.69. The van der Waals surface area contributed by atoms with Crippen LogP contribution in [0.4, 0.5) is 0 Å². The number of Topliss-reactive ketones (excluding diaryl/α,β-unsaturated/α-hetero) is 1. The fourth-order valence-electron chi connectivity index (χ4n) is 14.6. The number of ketones is 1. The summed E-state index contributed by atoms with van der Waals surface area (Å²) in [4.78, 5) is 40.8. The third-order valence-electron chi connectivity index (χ3n) is 18.8. The van der Waals surface area contributed by atoms with Gasteiger partial charge in [-0.2, -0.15) is 0 Å². The van der Waals surface area contributed by atoms with E-state index in [9.17, 15) is 70.6 Å². The predicted octanol–water partition coefficient (Wildman–Crippen LogP) is -1.18. The monoisotopic (exact) mass is 956 g/mol. The van der Waals surface area contributed by atoms with Gasteiger partial charge in [0.05, 0.1) is 24.7 Å². The topological polar surface area (TPSA) is 329 Å². The Morgan fingerprint density at radius 2 is 1.25 bits per heavy atom. The van der Waals surface area contributed by atoms with Crippen molar-refractivity contribution in [1.82, 2.24) is 0 Å². The maximum atomic E-state index is 14.1. The summed E-state index contributed by atoms with van der Waals surface area (Å²) in [5.74, 6) is -1.53. The van der Waals surface area contributed by atoms with Gasteiger partial charge in [0.15, 0.2) is 30.8 Å². The van der Waals surface area contributed by atoms with Gasteiger partial charge >= 0.3 is 5.97 Å². The summed E-state index contributed by atoms with van der Waals surface area (Å²) in [7, 11) is 0. The molecule has 8 aliphatic rings. The van der Waals surface area contributed by atoms with Crippen LogP contribution in [-0.4, -0.2) is 192 Å². The van der Waals surface area contributed by atoms with Gasteiger partial charge in [-0.15, -0.1) is 0 Å². The highest BCUT2D eigenvalue weighted by Gasteiger charge is 2.70. The molecule has 3 heterocycles. The first-order valence-corrected chi connectivity index (χ1v) is 23.9. The molecule has 0 bridgehead atoms. The van der Waals surface area contributed by atoms with Crippen molar-refractivity contribution in [1.29, 1.82) is 0 Å². The number of carbonyl (C=O) groups excluding carboxylic acids is 2. The van der Waals surface area contributed by atoms with Crippen molar-refractivity contribution in [3.05, 3.63) is 11.1 Å². The lowest BCUT2D eigenvalue weighted by molar-refractivity contribution is -0.390. The van der Waals surface area contributed by atoms with Crippen molar-refractivity contribution in [2.24, 2.45) is 44.8 Å². The first-order chi connectivity index (χ1) is 31.5. The van der Waals surface area contributed by atoms with E-state index in [1.165, 1.54) is 5.57 Å². The van der Waals surface area contributed by atoms with Gasteiger partial charge in [0.2, 0.25) is 0 Å². The van der Waals surface area contributed by atoms with Crippen molar-refractivity contribution in [3.8, 4) is 0 Å². The van der Waals surface area contributed by atoms with E-state index in [0.29, 0.717) is 38.5 Å². The predicted molar refractivity (Wildman–Crippen MR) is 227 cm³/mol. The summed E-state index contributed by atoms with van der Waals surface area (Å²) < 4.78 is 35.6. The number of aliphatic hydroxyl groups excluding tert-OH is 10.